The van der Waals surface area contributed by atoms with E-state index in [0.29, 0.717) is 6.04 Å². The highest BCUT2D eigenvalue weighted by Crippen LogP contribution is 2.18. The maximum absolute atomic E-state index is 5.15. The molecule has 2 aliphatic heterocycles. The summed E-state index contributed by atoms with van der Waals surface area (Å²) in [5.41, 5.74) is 2.56. The monoisotopic (exact) mass is 385 g/mol. The number of anilines is 1. The van der Waals surface area contributed by atoms with E-state index in [2.05, 4.69) is 61.8 Å². The number of guanidine groups is 1. The van der Waals surface area contributed by atoms with Gasteiger partial charge in [-0.3, -0.25) is 4.99 Å². The van der Waals surface area contributed by atoms with Gasteiger partial charge in [-0.25, -0.2) is 0 Å². The predicted molar refractivity (Wildman–Crippen MR) is 117 cm³/mol. The molecule has 3 rings (SSSR count). The van der Waals surface area contributed by atoms with Crippen molar-refractivity contribution in [2.45, 2.75) is 31.8 Å². The maximum Gasteiger partial charge on any atom is 0.191 e. The second kappa shape index (κ2) is 11.1. The van der Waals surface area contributed by atoms with Crippen LogP contribution >= 0.6 is 0 Å². The van der Waals surface area contributed by atoms with Gasteiger partial charge >= 0.3 is 0 Å². The van der Waals surface area contributed by atoms with Crippen LogP contribution < -0.4 is 15.5 Å². The Morgan fingerprint density at radius 1 is 1.21 bits per heavy atom. The lowest BCUT2D eigenvalue weighted by atomic mass is 10.1. The van der Waals surface area contributed by atoms with E-state index >= 15 is 0 Å². The standard InChI is InChI=1S/C22H35N5O/c1-23-22(25-20-9-14-26(15-10-20)11-6-16-28-2)24-18-19-7-5-8-21(17-19)27-12-3-4-13-27/h3-5,7-8,17,20H,6,9-16,18H2,1-2H3,(H2,23,24,25). The number of hydrogen-bond donors (Lipinski definition) is 2. The molecule has 2 heterocycles. The van der Waals surface area contributed by atoms with Crippen molar-refractivity contribution in [1.82, 2.24) is 15.5 Å². The van der Waals surface area contributed by atoms with Crippen LogP contribution in [0.4, 0.5) is 5.69 Å². The first-order chi connectivity index (χ1) is 13.8. The second-order valence-electron chi connectivity index (χ2n) is 7.58. The number of nitrogens with zero attached hydrogens (tertiary/aromatic N) is 3. The van der Waals surface area contributed by atoms with Crippen LogP contribution in [0, 0.1) is 0 Å². The summed E-state index contributed by atoms with van der Waals surface area (Å²) in [5, 5.41) is 7.08. The first kappa shape index (κ1) is 20.7. The van der Waals surface area contributed by atoms with Crippen molar-refractivity contribution < 1.29 is 4.74 Å². The summed E-state index contributed by atoms with van der Waals surface area (Å²) in [6, 6.07) is 9.26. The van der Waals surface area contributed by atoms with Crippen LogP contribution in [0.15, 0.2) is 41.4 Å². The molecule has 2 N–H and O–H groups in total. The minimum atomic E-state index is 0.492. The minimum absolute atomic E-state index is 0.492. The van der Waals surface area contributed by atoms with E-state index in [9.17, 15) is 0 Å². The van der Waals surface area contributed by atoms with Gasteiger partial charge in [0.1, 0.15) is 0 Å². The Bertz CT molecular complexity index is 644. The van der Waals surface area contributed by atoms with Gasteiger partial charge in [0.2, 0.25) is 0 Å². The summed E-state index contributed by atoms with van der Waals surface area (Å²) in [6.07, 6.45) is 7.87. The zero-order chi connectivity index (χ0) is 19.6. The molecule has 1 aromatic carbocycles. The fraction of sp³-hybridized carbons (Fsp3) is 0.591. The molecule has 0 unspecified atom stereocenters. The molecule has 0 spiro atoms. The molecule has 0 aromatic heterocycles. The summed E-state index contributed by atoms with van der Waals surface area (Å²) in [4.78, 5) is 9.33. The Kier molecular flexibility index (Phi) is 8.18. The van der Waals surface area contributed by atoms with E-state index in [4.69, 9.17) is 4.74 Å². The molecule has 1 aromatic rings. The summed E-state index contributed by atoms with van der Waals surface area (Å²) in [5.74, 6) is 0.895. The Labute approximate surface area is 169 Å². The minimum Gasteiger partial charge on any atom is -0.385 e. The third kappa shape index (κ3) is 6.24. The summed E-state index contributed by atoms with van der Waals surface area (Å²) in [6.45, 7) is 7.06. The van der Waals surface area contributed by atoms with Crippen LogP contribution in [0.3, 0.4) is 0 Å². The number of hydrogen-bond acceptors (Lipinski definition) is 4. The van der Waals surface area contributed by atoms with E-state index in [-0.39, 0.29) is 0 Å². The van der Waals surface area contributed by atoms with Crippen molar-refractivity contribution in [2.24, 2.45) is 4.99 Å². The van der Waals surface area contributed by atoms with Gasteiger partial charge in [-0.15, -0.1) is 0 Å². The number of likely N-dealkylation sites (tertiary alicyclic amines) is 1. The lowest BCUT2D eigenvalue weighted by molar-refractivity contribution is 0.155. The van der Waals surface area contributed by atoms with E-state index in [0.717, 1.165) is 71.1 Å². The zero-order valence-corrected chi connectivity index (χ0v) is 17.4. The highest BCUT2D eigenvalue weighted by molar-refractivity contribution is 5.80. The molecule has 6 nitrogen and oxygen atoms in total. The Morgan fingerprint density at radius 3 is 2.71 bits per heavy atom. The molecule has 0 aliphatic carbocycles. The van der Waals surface area contributed by atoms with Crippen molar-refractivity contribution >= 4 is 11.6 Å². The summed E-state index contributed by atoms with van der Waals surface area (Å²) >= 11 is 0. The van der Waals surface area contributed by atoms with Crippen LogP contribution in [0.25, 0.3) is 0 Å². The number of nitrogens with one attached hydrogen (secondary N) is 2. The molecule has 0 atom stereocenters. The van der Waals surface area contributed by atoms with Crippen LogP contribution in [-0.4, -0.2) is 70.4 Å². The van der Waals surface area contributed by atoms with Gasteiger partial charge in [-0.2, -0.15) is 0 Å². The quantitative estimate of drug-likeness (QED) is 0.311. The van der Waals surface area contributed by atoms with E-state index in [1.807, 2.05) is 7.05 Å². The Hall–Kier alpha value is -2.05. The normalized spacial score (nSPS) is 18.6. The molecule has 0 saturated carbocycles. The van der Waals surface area contributed by atoms with Gasteiger partial charge in [-0.1, -0.05) is 24.3 Å². The molecule has 0 amide bonds. The zero-order valence-electron chi connectivity index (χ0n) is 17.4. The topological polar surface area (TPSA) is 52.1 Å². The fourth-order valence-electron chi connectivity index (χ4n) is 3.86. The fourth-order valence-corrected chi connectivity index (χ4v) is 3.86. The Balaban J connectivity index is 1.41. The van der Waals surface area contributed by atoms with Crippen LogP contribution in [0.2, 0.25) is 0 Å². The second-order valence-corrected chi connectivity index (χ2v) is 7.58. The molecule has 28 heavy (non-hydrogen) atoms. The number of piperidine rings is 1. The highest BCUT2D eigenvalue weighted by Gasteiger charge is 2.19. The first-order valence-corrected chi connectivity index (χ1v) is 10.5. The molecule has 154 valence electrons. The third-order valence-corrected chi connectivity index (χ3v) is 5.53. The molecular weight excluding hydrogens is 350 g/mol. The van der Waals surface area contributed by atoms with E-state index in [1.165, 1.54) is 11.3 Å². The molecule has 6 heteroatoms. The van der Waals surface area contributed by atoms with E-state index in [1.54, 1.807) is 7.11 Å². The van der Waals surface area contributed by atoms with Crippen LogP contribution in [-0.2, 0) is 11.3 Å². The first-order valence-electron chi connectivity index (χ1n) is 10.5. The molecule has 1 fully saturated rings. The van der Waals surface area contributed by atoms with Crippen molar-refractivity contribution in [1.29, 1.82) is 0 Å². The van der Waals surface area contributed by atoms with Gasteiger partial charge < -0.3 is 25.2 Å². The SMILES string of the molecule is CN=C(NCc1cccc(N2CC=CC2)c1)NC1CCN(CCCOC)CC1. The maximum atomic E-state index is 5.15. The van der Waals surface area contributed by atoms with Gasteiger partial charge in [0.05, 0.1) is 0 Å². The van der Waals surface area contributed by atoms with Gasteiger partial charge in [0.15, 0.2) is 5.96 Å². The molecular formula is C22H35N5O. The van der Waals surface area contributed by atoms with Gasteiger partial charge in [0, 0.05) is 71.8 Å². The number of benzene rings is 1. The highest BCUT2D eigenvalue weighted by atomic mass is 16.5. The number of ether oxygens (including phenoxy) is 1. The van der Waals surface area contributed by atoms with Crippen molar-refractivity contribution in [3.05, 3.63) is 42.0 Å². The predicted octanol–water partition coefficient (Wildman–Crippen LogP) is 2.23. The van der Waals surface area contributed by atoms with Crippen LogP contribution in [0.5, 0.6) is 0 Å². The van der Waals surface area contributed by atoms with Crippen molar-refractivity contribution in [2.75, 3.05) is 58.4 Å². The summed E-state index contributed by atoms with van der Waals surface area (Å²) < 4.78 is 5.15. The van der Waals surface area contributed by atoms with Crippen molar-refractivity contribution in [3.63, 3.8) is 0 Å². The molecule has 0 bridgehead atoms. The number of methoxy groups -OCH3 is 1. The van der Waals surface area contributed by atoms with Gasteiger partial charge in [0.25, 0.3) is 0 Å². The number of rotatable bonds is 8. The van der Waals surface area contributed by atoms with Crippen LogP contribution in [0.1, 0.15) is 24.8 Å². The molecule has 0 radical (unpaired) electrons. The average molecular weight is 386 g/mol. The Morgan fingerprint density at radius 2 is 2.00 bits per heavy atom. The smallest absolute Gasteiger partial charge is 0.191 e. The average Bonchev–Trinajstić information content (AvgIpc) is 3.28. The van der Waals surface area contributed by atoms with Crippen molar-refractivity contribution in [3.8, 4) is 0 Å². The van der Waals surface area contributed by atoms with Gasteiger partial charge in [-0.05, 0) is 37.0 Å². The lowest BCUT2D eigenvalue weighted by Gasteiger charge is -2.33. The molecule has 2 aliphatic rings. The number of aliphatic imine (C=N–C) groups is 1. The largest absolute Gasteiger partial charge is 0.385 e. The van der Waals surface area contributed by atoms with E-state index < -0.39 is 0 Å². The summed E-state index contributed by atoms with van der Waals surface area (Å²) in [7, 11) is 3.62. The lowest BCUT2D eigenvalue weighted by Crippen LogP contribution is -2.48. The molecule has 1 saturated heterocycles. The third-order valence-electron chi connectivity index (χ3n) is 5.53.